The van der Waals surface area contributed by atoms with Crippen LogP contribution < -0.4 is 0 Å². The van der Waals surface area contributed by atoms with Crippen molar-refractivity contribution < 1.29 is 13.2 Å². The van der Waals surface area contributed by atoms with Crippen molar-refractivity contribution in [2.45, 2.75) is 44.9 Å². The van der Waals surface area contributed by atoms with Gasteiger partial charge in [0.1, 0.15) is 0 Å². The molecule has 27 heavy (non-hydrogen) atoms. The average molecular weight is 374 g/mol. The molecule has 0 radical (unpaired) electrons. The van der Waals surface area contributed by atoms with Gasteiger partial charge in [-0.05, 0) is 30.9 Å². The van der Waals surface area contributed by atoms with Crippen molar-refractivity contribution >= 4 is 5.71 Å². The maximum absolute atomic E-state index is 13.2. The normalized spacial score (nSPS) is 18.1. The van der Waals surface area contributed by atoms with Gasteiger partial charge >= 0.3 is 6.18 Å². The number of hydrogen-bond acceptors (Lipinski definition) is 4. The van der Waals surface area contributed by atoms with Gasteiger partial charge in [-0.2, -0.15) is 13.2 Å². The molecular formula is C20H21F3N4. The van der Waals surface area contributed by atoms with Crippen LogP contribution in [-0.2, 0) is 25.7 Å². The van der Waals surface area contributed by atoms with Gasteiger partial charge in [0.2, 0.25) is 0 Å². The summed E-state index contributed by atoms with van der Waals surface area (Å²) in [6.45, 7) is 2.35. The van der Waals surface area contributed by atoms with Crippen molar-refractivity contribution in [1.29, 1.82) is 0 Å². The molecule has 0 spiro atoms. The van der Waals surface area contributed by atoms with Gasteiger partial charge in [-0.3, -0.25) is 9.89 Å². The SMILES string of the molecule is FC(F)(F)c1ccccc1CN1CCc2nc(C3=NCCCC3)ncc2C1. The highest BCUT2D eigenvalue weighted by molar-refractivity contribution is 5.97. The third kappa shape index (κ3) is 4.03. The van der Waals surface area contributed by atoms with Gasteiger partial charge in [0.05, 0.1) is 17.0 Å². The molecule has 0 saturated carbocycles. The van der Waals surface area contributed by atoms with Crippen LogP contribution in [0, 0.1) is 0 Å². The first-order valence-corrected chi connectivity index (χ1v) is 9.26. The van der Waals surface area contributed by atoms with Gasteiger partial charge in [0.25, 0.3) is 0 Å². The second kappa shape index (κ2) is 7.38. The van der Waals surface area contributed by atoms with E-state index in [0.717, 1.165) is 48.8 Å². The van der Waals surface area contributed by atoms with Crippen LogP contribution in [0.15, 0.2) is 35.5 Å². The maximum Gasteiger partial charge on any atom is 0.416 e. The van der Waals surface area contributed by atoms with E-state index in [1.807, 2.05) is 11.1 Å². The summed E-state index contributed by atoms with van der Waals surface area (Å²) in [6.07, 6.45) is 1.35. The fraction of sp³-hybridized carbons (Fsp3) is 0.450. The monoisotopic (exact) mass is 374 g/mol. The predicted octanol–water partition coefficient (Wildman–Crippen LogP) is 4.03. The second-order valence-electron chi connectivity index (χ2n) is 7.07. The van der Waals surface area contributed by atoms with E-state index in [1.54, 1.807) is 12.1 Å². The van der Waals surface area contributed by atoms with E-state index in [-0.39, 0.29) is 6.54 Å². The van der Waals surface area contributed by atoms with Crippen LogP contribution in [0.1, 0.15) is 47.5 Å². The van der Waals surface area contributed by atoms with Crippen LogP contribution in [0.4, 0.5) is 13.2 Å². The fourth-order valence-corrected chi connectivity index (χ4v) is 3.70. The predicted molar refractivity (Wildman–Crippen MR) is 96.5 cm³/mol. The Morgan fingerprint density at radius 2 is 1.93 bits per heavy atom. The molecule has 1 aromatic heterocycles. The first-order chi connectivity index (χ1) is 13.0. The van der Waals surface area contributed by atoms with Crippen LogP contribution >= 0.6 is 0 Å². The first kappa shape index (κ1) is 18.1. The van der Waals surface area contributed by atoms with E-state index in [0.29, 0.717) is 30.9 Å². The lowest BCUT2D eigenvalue weighted by Crippen LogP contribution is -2.32. The maximum atomic E-state index is 13.2. The van der Waals surface area contributed by atoms with Gasteiger partial charge < -0.3 is 0 Å². The summed E-state index contributed by atoms with van der Waals surface area (Å²) in [4.78, 5) is 15.7. The Bertz CT molecular complexity index is 861. The smallest absolute Gasteiger partial charge is 0.294 e. The van der Waals surface area contributed by atoms with Gasteiger partial charge in [0.15, 0.2) is 5.82 Å². The third-order valence-electron chi connectivity index (χ3n) is 5.11. The molecule has 1 aromatic carbocycles. The standard InChI is InChI=1S/C20H21F3N4/c21-20(22,23)16-6-2-1-5-14(16)12-27-10-8-17-15(13-27)11-25-19(26-17)18-7-3-4-9-24-18/h1-2,5-6,11H,3-4,7-10,12-13H2. The van der Waals surface area contributed by atoms with Gasteiger partial charge in [-0.1, -0.05) is 18.2 Å². The number of aromatic nitrogens is 2. The highest BCUT2D eigenvalue weighted by Crippen LogP contribution is 2.33. The highest BCUT2D eigenvalue weighted by Gasteiger charge is 2.33. The molecule has 0 atom stereocenters. The van der Waals surface area contributed by atoms with E-state index in [9.17, 15) is 13.2 Å². The van der Waals surface area contributed by atoms with Gasteiger partial charge in [-0.25, -0.2) is 9.97 Å². The molecule has 0 fully saturated rings. The molecule has 0 saturated heterocycles. The van der Waals surface area contributed by atoms with E-state index in [1.165, 1.54) is 6.07 Å². The molecule has 3 heterocycles. The molecule has 0 amide bonds. The van der Waals surface area contributed by atoms with E-state index in [4.69, 9.17) is 0 Å². The van der Waals surface area contributed by atoms with Crippen LogP contribution in [0.5, 0.6) is 0 Å². The zero-order valence-corrected chi connectivity index (χ0v) is 15.0. The minimum Gasteiger partial charge on any atom is -0.294 e. The Labute approximate surface area is 156 Å². The summed E-state index contributed by atoms with van der Waals surface area (Å²) in [5, 5.41) is 0. The number of benzene rings is 1. The Kier molecular flexibility index (Phi) is 4.95. The number of halogens is 3. The minimum absolute atomic E-state index is 0.267. The topological polar surface area (TPSA) is 41.4 Å². The molecule has 7 heteroatoms. The van der Waals surface area contributed by atoms with Crippen molar-refractivity contribution in [2.24, 2.45) is 4.99 Å². The Hall–Kier alpha value is -2.28. The lowest BCUT2D eigenvalue weighted by molar-refractivity contribution is -0.138. The first-order valence-electron chi connectivity index (χ1n) is 9.26. The summed E-state index contributed by atoms with van der Waals surface area (Å²) >= 11 is 0. The van der Waals surface area contributed by atoms with Gasteiger partial charge in [0, 0.05) is 44.4 Å². The van der Waals surface area contributed by atoms with Crippen LogP contribution in [0.2, 0.25) is 0 Å². The van der Waals surface area contributed by atoms with Crippen LogP contribution in [-0.4, -0.2) is 33.7 Å². The van der Waals surface area contributed by atoms with Gasteiger partial charge in [-0.15, -0.1) is 0 Å². The summed E-state index contributed by atoms with van der Waals surface area (Å²) in [5.41, 5.74) is 2.71. The number of fused-ring (bicyclic) bond motifs is 1. The summed E-state index contributed by atoms with van der Waals surface area (Å²) in [6, 6.07) is 5.79. The molecule has 2 aliphatic heterocycles. The largest absolute Gasteiger partial charge is 0.416 e. The second-order valence-corrected chi connectivity index (χ2v) is 7.07. The van der Waals surface area contributed by atoms with Crippen molar-refractivity contribution in [3.63, 3.8) is 0 Å². The molecule has 142 valence electrons. The Morgan fingerprint density at radius 1 is 1.07 bits per heavy atom. The van der Waals surface area contributed by atoms with Crippen molar-refractivity contribution in [1.82, 2.24) is 14.9 Å². The molecule has 0 aliphatic carbocycles. The van der Waals surface area contributed by atoms with Crippen molar-refractivity contribution in [3.05, 3.63) is 58.7 Å². The third-order valence-corrected chi connectivity index (χ3v) is 5.11. The highest BCUT2D eigenvalue weighted by atomic mass is 19.4. The molecule has 2 aliphatic rings. The van der Waals surface area contributed by atoms with E-state index in [2.05, 4.69) is 15.0 Å². The zero-order chi connectivity index (χ0) is 18.9. The summed E-state index contributed by atoms with van der Waals surface area (Å²) < 4.78 is 39.6. The molecule has 4 nitrogen and oxygen atoms in total. The number of rotatable bonds is 3. The van der Waals surface area contributed by atoms with E-state index < -0.39 is 11.7 Å². The molecule has 2 aromatic rings. The number of alkyl halides is 3. The van der Waals surface area contributed by atoms with Crippen molar-refractivity contribution in [2.75, 3.05) is 13.1 Å². The lowest BCUT2D eigenvalue weighted by Gasteiger charge is -2.29. The zero-order valence-electron chi connectivity index (χ0n) is 15.0. The molecule has 0 unspecified atom stereocenters. The number of aliphatic imine (C=N–C) groups is 1. The number of nitrogens with zero attached hydrogens (tertiary/aromatic N) is 4. The number of hydrogen-bond donors (Lipinski definition) is 0. The lowest BCUT2D eigenvalue weighted by atomic mass is 10.0. The van der Waals surface area contributed by atoms with E-state index >= 15 is 0 Å². The Balaban J connectivity index is 1.50. The molecule has 0 N–H and O–H groups in total. The summed E-state index contributed by atoms with van der Waals surface area (Å²) in [7, 11) is 0. The minimum atomic E-state index is -4.33. The van der Waals surface area contributed by atoms with Crippen molar-refractivity contribution in [3.8, 4) is 0 Å². The molecule has 0 bridgehead atoms. The average Bonchev–Trinajstić information content (AvgIpc) is 2.68. The quantitative estimate of drug-likeness (QED) is 0.815. The summed E-state index contributed by atoms with van der Waals surface area (Å²) in [5.74, 6) is 0.712. The molecular weight excluding hydrogens is 353 g/mol. The fourth-order valence-electron chi connectivity index (χ4n) is 3.70. The Morgan fingerprint density at radius 3 is 2.70 bits per heavy atom. The molecule has 4 rings (SSSR count). The van der Waals surface area contributed by atoms with Crippen LogP contribution in [0.25, 0.3) is 0 Å². The van der Waals surface area contributed by atoms with Crippen LogP contribution in [0.3, 0.4) is 0 Å².